The Morgan fingerprint density at radius 2 is 2.26 bits per heavy atom. The zero-order valence-electron chi connectivity index (χ0n) is 11.6. The lowest BCUT2D eigenvalue weighted by Gasteiger charge is -2.38. The van der Waals surface area contributed by atoms with Crippen LogP contribution in [-0.2, 0) is 0 Å². The molecule has 2 heterocycles. The first-order valence-corrected chi connectivity index (χ1v) is 7.06. The van der Waals surface area contributed by atoms with Gasteiger partial charge in [0.25, 0.3) is 5.91 Å². The Kier molecular flexibility index (Phi) is 4.30. The van der Waals surface area contributed by atoms with Crippen LogP contribution >= 0.6 is 11.6 Å². The van der Waals surface area contributed by atoms with E-state index in [2.05, 4.69) is 24.1 Å². The number of piperidine rings is 1. The summed E-state index contributed by atoms with van der Waals surface area (Å²) in [6, 6.07) is 1.96. The van der Waals surface area contributed by atoms with E-state index in [0.717, 1.165) is 13.0 Å². The molecule has 0 saturated carbocycles. The Balaban J connectivity index is 2.21. The minimum atomic E-state index is 0.0242. The second-order valence-electron chi connectivity index (χ2n) is 5.16. The number of carbonyl (C=O) groups excluding carboxylic acids is 1. The summed E-state index contributed by atoms with van der Waals surface area (Å²) in [7, 11) is 1.75. The average Bonchev–Trinajstić information content (AvgIpc) is 2.41. The highest BCUT2D eigenvalue weighted by Gasteiger charge is 2.29. The average molecular weight is 282 g/mol. The lowest BCUT2D eigenvalue weighted by atomic mass is 9.91. The highest BCUT2D eigenvalue weighted by molar-refractivity contribution is 6.33. The second kappa shape index (κ2) is 5.78. The molecular weight excluding hydrogens is 262 g/mol. The topological polar surface area (TPSA) is 45.2 Å². The predicted octanol–water partition coefficient (Wildman–Crippen LogP) is 3.04. The van der Waals surface area contributed by atoms with Crippen LogP contribution in [0.3, 0.4) is 0 Å². The number of rotatable bonds is 2. The van der Waals surface area contributed by atoms with Crippen molar-refractivity contribution in [3.8, 4) is 0 Å². The number of aromatic nitrogens is 1. The maximum atomic E-state index is 12.5. The van der Waals surface area contributed by atoms with Gasteiger partial charge in [0.15, 0.2) is 0 Å². The van der Waals surface area contributed by atoms with Crippen molar-refractivity contribution in [2.75, 3.05) is 18.9 Å². The summed E-state index contributed by atoms with van der Waals surface area (Å²) >= 11 is 6.08. The number of hydrogen-bond acceptors (Lipinski definition) is 3. The molecule has 1 aromatic rings. The first-order valence-electron chi connectivity index (χ1n) is 6.69. The van der Waals surface area contributed by atoms with Gasteiger partial charge in [-0.2, -0.15) is 0 Å². The first kappa shape index (κ1) is 14.1. The Labute approximate surface area is 119 Å². The predicted molar refractivity (Wildman–Crippen MR) is 77.7 cm³/mol. The number of hydrogen-bond donors (Lipinski definition) is 1. The van der Waals surface area contributed by atoms with E-state index in [1.165, 1.54) is 6.42 Å². The fourth-order valence-electron chi connectivity index (χ4n) is 2.53. The van der Waals surface area contributed by atoms with Crippen molar-refractivity contribution in [2.45, 2.75) is 32.7 Å². The van der Waals surface area contributed by atoms with E-state index in [0.29, 0.717) is 22.3 Å². The van der Waals surface area contributed by atoms with Gasteiger partial charge in [0.1, 0.15) is 5.82 Å². The van der Waals surface area contributed by atoms with E-state index in [-0.39, 0.29) is 11.9 Å². The maximum absolute atomic E-state index is 12.5. The van der Waals surface area contributed by atoms with Crippen LogP contribution in [0.15, 0.2) is 12.3 Å². The van der Waals surface area contributed by atoms with Gasteiger partial charge in [-0.3, -0.25) is 4.79 Å². The zero-order chi connectivity index (χ0) is 14.0. The molecule has 104 valence electrons. The Bertz CT molecular complexity index is 478. The van der Waals surface area contributed by atoms with E-state index in [4.69, 9.17) is 11.6 Å². The highest BCUT2D eigenvalue weighted by Crippen LogP contribution is 2.26. The van der Waals surface area contributed by atoms with Crippen molar-refractivity contribution >= 4 is 23.3 Å². The van der Waals surface area contributed by atoms with Gasteiger partial charge in [0, 0.05) is 25.8 Å². The van der Waals surface area contributed by atoms with Gasteiger partial charge in [0.2, 0.25) is 0 Å². The van der Waals surface area contributed by atoms with Crippen LogP contribution in [0.2, 0.25) is 5.02 Å². The first-order chi connectivity index (χ1) is 9.04. The van der Waals surface area contributed by atoms with Crippen LogP contribution in [0.1, 0.15) is 37.0 Å². The van der Waals surface area contributed by atoms with E-state index in [1.54, 1.807) is 19.3 Å². The zero-order valence-corrected chi connectivity index (χ0v) is 12.4. The van der Waals surface area contributed by atoms with E-state index in [9.17, 15) is 4.79 Å². The van der Waals surface area contributed by atoms with E-state index < -0.39 is 0 Å². The molecule has 19 heavy (non-hydrogen) atoms. The molecule has 2 unspecified atom stereocenters. The van der Waals surface area contributed by atoms with E-state index in [1.807, 2.05) is 4.90 Å². The van der Waals surface area contributed by atoms with Crippen molar-refractivity contribution in [2.24, 2.45) is 5.92 Å². The van der Waals surface area contributed by atoms with E-state index >= 15 is 0 Å². The number of pyridine rings is 1. The maximum Gasteiger partial charge on any atom is 0.255 e. The number of anilines is 1. The van der Waals surface area contributed by atoms with Gasteiger partial charge in [-0.15, -0.1) is 0 Å². The van der Waals surface area contributed by atoms with Crippen LogP contribution in [0.25, 0.3) is 0 Å². The summed E-state index contributed by atoms with van der Waals surface area (Å²) in [6.45, 7) is 5.12. The minimum Gasteiger partial charge on any atom is -0.372 e. The summed E-state index contributed by atoms with van der Waals surface area (Å²) in [5.74, 6) is 1.16. The fourth-order valence-corrected chi connectivity index (χ4v) is 2.79. The minimum absolute atomic E-state index is 0.0242. The van der Waals surface area contributed by atoms with Gasteiger partial charge in [0.05, 0.1) is 10.6 Å². The third kappa shape index (κ3) is 2.84. The van der Waals surface area contributed by atoms with Crippen molar-refractivity contribution in [1.82, 2.24) is 9.88 Å². The molecule has 4 nitrogen and oxygen atoms in total. The van der Waals surface area contributed by atoms with Crippen molar-refractivity contribution in [3.63, 3.8) is 0 Å². The van der Waals surface area contributed by atoms with Gasteiger partial charge in [-0.25, -0.2) is 4.98 Å². The molecule has 2 rings (SSSR count). The smallest absolute Gasteiger partial charge is 0.255 e. The van der Waals surface area contributed by atoms with Crippen LogP contribution in [0.5, 0.6) is 0 Å². The summed E-state index contributed by atoms with van der Waals surface area (Å²) in [6.07, 6.45) is 3.84. The standard InChI is InChI=1S/C14H20ClN3O/c1-9-5-4-6-18(10(9)2)14(19)11-7-12(15)13(16-3)17-8-11/h7-10H,4-6H2,1-3H3,(H,16,17). The molecule has 0 spiro atoms. The normalized spacial score (nSPS) is 23.3. The van der Waals surface area contributed by atoms with Crippen LogP contribution in [0.4, 0.5) is 5.82 Å². The Morgan fingerprint density at radius 3 is 2.89 bits per heavy atom. The molecule has 0 radical (unpaired) electrons. The van der Waals surface area contributed by atoms with Crippen molar-refractivity contribution in [1.29, 1.82) is 0 Å². The second-order valence-corrected chi connectivity index (χ2v) is 5.57. The van der Waals surface area contributed by atoms with Crippen LogP contribution in [0, 0.1) is 5.92 Å². The molecule has 0 bridgehead atoms. The third-order valence-corrected chi connectivity index (χ3v) is 4.25. The third-order valence-electron chi connectivity index (χ3n) is 3.96. The van der Waals surface area contributed by atoms with Gasteiger partial charge in [-0.05, 0) is 31.7 Å². The molecule has 0 aliphatic carbocycles. The molecule has 1 aliphatic rings. The van der Waals surface area contributed by atoms with Gasteiger partial charge in [-0.1, -0.05) is 18.5 Å². The Morgan fingerprint density at radius 1 is 1.53 bits per heavy atom. The molecule has 1 saturated heterocycles. The SMILES string of the molecule is CNc1ncc(C(=O)N2CCCC(C)C2C)cc1Cl. The number of carbonyl (C=O) groups is 1. The molecule has 0 aromatic carbocycles. The van der Waals surface area contributed by atoms with Gasteiger partial charge >= 0.3 is 0 Å². The monoisotopic (exact) mass is 281 g/mol. The van der Waals surface area contributed by atoms with Crippen molar-refractivity contribution in [3.05, 3.63) is 22.8 Å². The molecule has 1 N–H and O–H groups in total. The lowest BCUT2D eigenvalue weighted by molar-refractivity contribution is 0.0550. The Hall–Kier alpha value is -1.29. The molecule has 2 atom stereocenters. The highest BCUT2D eigenvalue weighted by atomic mass is 35.5. The summed E-state index contributed by atoms with van der Waals surface area (Å²) < 4.78 is 0. The van der Waals surface area contributed by atoms with Gasteiger partial charge < -0.3 is 10.2 Å². The number of likely N-dealkylation sites (tertiary alicyclic amines) is 1. The summed E-state index contributed by atoms with van der Waals surface area (Å²) in [5.41, 5.74) is 0.560. The number of halogens is 1. The van der Waals surface area contributed by atoms with Crippen molar-refractivity contribution < 1.29 is 4.79 Å². The number of nitrogens with zero attached hydrogens (tertiary/aromatic N) is 2. The largest absolute Gasteiger partial charge is 0.372 e. The molecule has 1 fully saturated rings. The molecule has 1 aromatic heterocycles. The lowest BCUT2D eigenvalue weighted by Crippen LogP contribution is -2.46. The summed E-state index contributed by atoms with van der Waals surface area (Å²) in [5, 5.41) is 3.37. The molecule has 1 amide bonds. The summed E-state index contributed by atoms with van der Waals surface area (Å²) in [4.78, 5) is 18.6. The quantitative estimate of drug-likeness (QED) is 0.906. The fraction of sp³-hybridized carbons (Fsp3) is 0.571. The van der Waals surface area contributed by atoms with Crippen LogP contribution < -0.4 is 5.32 Å². The molecule has 5 heteroatoms. The number of nitrogens with one attached hydrogen (secondary N) is 1. The number of amides is 1. The molecular formula is C14H20ClN3O. The van der Waals surface area contributed by atoms with Crippen LogP contribution in [-0.4, -0.2) is 35.4 Å². The molecule has 1 aliphatic heterocycles.